The Kier molecular flexibility index (Phi) is 5.81. The molecule has 192 valence electrons. The molecule has 3 aliphatic carbocycles. The molecule has 1 fully saturated rings. The maximum atomic E-state index is 13.9. The summed E-state index contributed by atoms with van der Waals surface area (Å²) in [6, 6.07) is 9.64. The molecule has 1 aromatic carbocycles. The number of carbonyl (C=O) groups excluding carboxylic acids is 5. The number of rotatable bonds is 4. The molecule has 2 heterocycles. The fourth-order valence-electron chi connectivity index (χ4n) is 6.27. The normalized spacial score (nSPS) is 26.7. The maximum absolute atomic E-state index is 13.9. The predicted octanol–water partition coefficient (Wildman–Crippen LogP) is 3.94. The van der Waals surface area contributed by atoms with Gasteiger partial charge in [-0.3, -0.25) is 28.9 Å². The Morgan fingerprint density at radius 2 is 1.79 bits per heavy atom. The van der Waals surface area contributed by atoms with Gasteiger partial charge in [0.2, 0.25) is 11.8 Å². The molecule has 2 amide bonds. The number of nitrogens with zero attached hydrogens (tertiary/aromatic N) is 1. The first-order valence-corrected chi connectivity index (χ1v) is 13.1. The van der Waals surface area contributed by atoms with Gasteiger partial charge in [-0.2, -0.15) is 0 Å². The van der Waals surface area contributed by atoms with E-state index in [4.69, 9.17) is 4.42 Å². The first-order chi connectivity index (χ1) is 18.2. The molecule has 0 saturated carbocycles. The molecule has 0 unspecified atom stereocenters. The third-order valence-electron chi connectivity index (χ3n) is 7.99. The van der Waals surface area contributed by atoms with Gasteiger partial charge in [0.25, 0.3) is 0 Å². The first kappa shape index (κ1) is 24.6. The van der Waals surface area contributed by atoms with E-state index in [0.717, 1.165) is 5.57 Å². The quantitative estimate of drug-likeness (QED) is 0.253. The zero-order valence-corrected chi connectivity index (χ0v) is 21.9. The van der Waals surface area contributed by atoms with Crippen molar-refractivity contribution in [1.82, 2.24) is 0 Å². The molecule has 4 atom stereocenters. The third-order valence-corrected chi connectivity index (χ3v) is 8.58. The smallest absolute Gasteiger partial charge is 0.238 e. The lowest BCUT2D eigenvalue weighted by Gasteiger charge is -2.41. The summed E-state index contributed by atoms with van der Waals surface area (Å²) in [7, 11) is 0. The van der Waals surface area contributed by atoms with Gasteiger partial charge in [0.15, 0.2) is 17.3 Å². The van der Waals surface area contributed by atoms with Crippen molar-refractivity contribution < 1.29 is 33.5 Å². The monoisotopic (exact) mass is 575 g/mol. The Labute approximate surface area is 225 Å². The van der Waals surface area contributed by atoms with Gasteiger partial charge < -0.3 is 9.52 Å². The van der Waals surface area contributed by atoms with Gasteiger partial charge in [0.05, 0.1) is 27.9 Å². The van der Waals surface area contributed by atoms with Crippen LogP contribution >= 0.6 is 15.9 Å². The van der Waals surface area contributed by atoms with E-state index in [1.807, 2.05) is 6.08 Å². The number of benzene rings is 1. The van der Waals surface area contributed by atoms with Crippen LogP contribution in [0.15, 0.2) is 74.2 Å². The van der Waals surface area contributed by atoms with Crippen LogP contribution in [0.2, 0.25) is 0 Å². The molecular weight excluding hydrogens is 554 g/mol. The summed E-state index contributed by atoms with van der Waals surface area (Å²) in [6.45, 7) is 1.12. The van der Waals surface area contributed by atoms with E-state index in [0.29, 0.717) is 40.3 Å². The Hall–Kier alpha value is -3.69. The van der Waals surface area contributed by atoms with Crippen LogP contribution in [0.5, 0.6) is 0 Å². The van der Waals surface area contributed by atoms with Gasteiger partial charge in [-0.1, -0.05) is 11.6 Å². The second-order valence-electron chi connectivity index (χ2n) is 9.97. The highest BCUT2D eigenvalue weighted by Crippen LogP contribution is 2.55. The number of anilines is 1. The minimum absolute atomic E-state index is 0.121. The highest BCUT2D eigenvalue weighted by Gasteiger charge is 2.57. The van der Waals surface area contributed by atoms with Crippen LogP contribution < -0.4 is 4.90 Å². The van der Waals surface area contributed by atoms with Crippen LogP contribution in [0.1, 0.15) is 47.6 Å². The second kappa shape index (κ2) is 8.96. The van der Waals surface area contributed by atoms with E-state index < -0.39 is 23.7 Å². The van der Waals surface area contributed by atoms with Crippen molar-refractivity contribution >= 4 is 50.8 Å². The van der Waals surface area contributed by atoms with Gasteiger partial charge in [-0.25, -0.2) is 0 Å². The Bertz CT molecular complexity index is 1540. The number of aliphatic hydroxyl groups excluding tert-OH is 1. The fourth-order valence-corrected chi connectivity index (χ4v) is 6.72. The predicted molar refractivity (Wildman–Crippen MR) is 138 cm³/mol. The number of carbonyl (C=O) groups is 5. The number of ketones is 3. The van der Waals surface area contributed by atoms with Crippen molar-refractivity contribution in [2.24, 2.45) is 17.8 Å². The lowest BCUT2D eigenvalue weighted by molar-refractivity contribution is -0.123. The Balaban J connectivity index is 1.44. The van der Waals surface area contributed by atoms with E-state index in [-0.39, 0.29) is 46.7 Å². The molecular formula is C29H22BrNO7. The molecule has 6 rings (SSSR count). The first-order valence-electron chi connectivity index (χ1n) is 12.3. The average molecular weight is 576 g/mol. The standard InChI is InChI=1S/C29H22BrNO7/c1-13(33)14-2-4-15(5-3-14)31-28(36)18-8-7-17-19(24(18)29(31)37)10-20-25(22(34)11-21(30)27(20)35)26(17)23-9-6-16(12-32)38-23/h2-7,9,11,18-19,24,26,32H,8,10,12H2,1H3/t18-,19+,24-,26+/m0/s1. The van der Waals surface area contributed by atoms with Gasteiger partial charge in [0, 0.05) is 22.8 Å². The van der Waals surface area contributed by atoms with Crippen molar-refractivity contribution in [1.29, 1.82) is 0 Å². The molecule has 1 N–H and O–H groups in total. The van der Waals surface area contributed by atoms with E-state index in [9.17, 15) is 29.1 Å². The Morgan fingerprint density at radius 1 is 1.05 bits per heavy atom. The van der Waals surface area contributed by atoms with Crippen molar-refractivity contribution in [2.75, 3.05) is 4.90 Å². The molecule has 1 aromatic heterocycles. The fraction of sp³-hybridized carbons (Fsp3) is 0.276. The van der Waals surface area contributed by atoms with Crippen LogP contribution in [0.4, 0.5) is 5.69 Å². The van der Waals surface area contributed by atoms with Crippen molar-refractivity contribution in [3.05, 3.63) is 86.8 Å². The number of hydrogen-bond donors (Lipinski definition) is 1. The zero-order valence-electron chi connectivity index (χ0n) is 20.3. The number of allylic oxidation sites excluding steroid dienone is 6. The highest BCUT2D eigenvalue weighted by molar-refractivity contribution is 9.12. The molecule has 0 radical (unpaired) electrons. The summed E-state index contributed by atoms with van der Waals surface area (Å²) in [6.07, 6.45) is 3.61. The number of aliphatic hydroxyl groups is 1. The van der Waals surface area contributed by atoms with Gasteiger partial charge in [0.1, 0.15) is 18.1 Å². The molecule has 2 aromatic rings. The number of Topliss-reactive ketones (excluding diaryl/α,β-unsaturated/α-hetero) is 2. The van der Waals surface area contributed by atoms with Crippen molar-refractivity contribution in [3.8, 4) is 0 Å². The van der Waals surface area contributed by atoms with Gasteiger partial charge >= 0.3 is 0 Å². The van der Waals surface area contributed by atoms with Gasteiger partial charge in [-0.15, -0.1) is 0 Å². The van der Waals surface area contributed by atoms with Gasteiger partial charge in [-0.05, 0) is 78.0 Å². The third kappa shape index (κ3) is 3.56. The van der Waals surface area contributed by atoms with E-state index >= 15 is 0 Å². The van der Waals surface area contributed by atoms with Crippen LogP contribution in [-0.4, -0.2) is 34.3 Å². The minimum Gasteiger partial charge on any atom is -0.463 e. The zero-order chi connectivity index (χ0) is 26.9. The SMILES string of the molecule is CC(=O)c1ccc(N2C(=O)[C@H]3[C@H](CC=C4[C@H](c5ccc(CO)o5)C5=C(C[C@H]43)C(=O)C(Br)=CC5=O)C2=O)cc1. The number of hydrogen-bond acceptors (Lipinski definition) is 7. The largest absolute Gasteiger partial charge is 0.463 e. The molecule has 0 spiro atoms. The second-order valence-corrected chi connectivity index (χ2v) is 10.8. The number of fused-ring (bicyclic) bond motifs is 3. The van der Waals surface area contributed by atoms with Crippen LogP contribution in [-0.2, 0) is 25.8 Å². The van der Waals surface area contributed by atoms with E-state index in [1.165, 1.54) is 17.9 Å². The molecule has 1 aliphatic heterocycles. The number of furan rings is 1. The molecule has 1 saturated heterocycles. The van der Waals surface area contributed by atoms with Crippen LogP contribution in [0.25, 0.3) is 0 Å². The summed E-state index contributed by atoms with van der Waals surface area (Å²) >= 11 is 3.20. The molecule has 38 heavy (non-hydrogen) atoms. The minimum atomic E-state index is -0.716. The lowest BCUT2D eigenvalue weighted by Crippen LogP contribution is -2.39. The summed E-state index contributed by atoms with van der Waals surface area (Å²) in [5, 5.41) is 9.55. The highest BCUT2D eigenvalue weighted by atomic mass is 79.9. The van der Waals surface area contributed by atoms with E-state index in [1.54, 1.807) is 36.4 Å². The number of imide groups is 1. The summed E-state index contributed by atoms with van der Waals surface area (Å²) in [5.74, 6) is -3.26. The average Bonchev–Trinajstić information content (AvgIpc) is 3.48. The maximum Gasteiger partial charge on any atom is 0.238 e. The summed E-state index contributed by atoms with van der Waals surface area (Å²) < 4.78 is 6.00. The summed E-state index contributed by atoms with van der Waals surface area (Å²) in [5.41, 5.74) is 2.26. The Morgan fingerprint density at radius 3 is 2.45 bits per heavy atom. The molecule has 9 heteroatoms. The molecule has 4 aliphatic rings. The number of amides is 2. The van der Waals surface area contributed by atoms with Crippen LogP contribution in [0.3, 0.4) is 0 Å². The van der Waals surface area contributed by atoms with Crippen molar-refractivity contribution in [3.63, 3.8) is 0 Å². The number of halogens is 1. The van der Waals surface area contributed by atoms with E-state index in [2.05, 4.69) is 15.9 Å². The topological polar surface area (TPSA) is 122 Å². The van der Waals surface area contributed by atoms with Crippen LogP contribution in [0, 0.1) is 17.8 Å². The molecule has 0 bridgehead atoms. The lowest BCUT2D eigenvalue weighted by atomic mass is 9.60. The van der Waals surface area contributed by atoms with Crippen molar-refractivity contribution in [2.45, 2.75) is 32.3 Å². The summed E-state index contributed by atoms with van der Waals surface area (Å²) in [4.78, 5) is 66.6. The molecule has 8 nitrogen and oxygen atoms in total.